The van der Waals surface area contributed by atoms with Crippen LogP contribution in [0.4, 0.5) is 8.78 Å². The van der Waals surface area contributed by atoms with Crippen molar-refractivity contribution in [3.05, 3.63) is 22.4 Å². The molecule has 0 saturated heterocycles. The zero-order chi connectivity index (χ0) is 11.0. The van der Waals surface area contributed by atoms with Gasteiger partial charge in [-0.3, -0.25) is 0 Å². The fraction of sp³-hybridized carbons (Fsp3) is 0.250. The number of nitrogens with zero attached hydrogens (tertiary/aromatic N) is 3. The van der Waals surface area contributed by atoms with Gasteiger partial charge in [-0.15, -0.1) is 5.10 Å². The third-order valence-corrected chi connectivity index (χ3v) is 2.26. The molecule has 0 unspecified atom stereocenters. The first-order valence-corrected chi connectivity index (χ1v) is 4.78. The lowest BCUT2D eigenvalue weighted by Crippen LogP contribution is -1.91. The summed E-state index contributed by atoms with van der Waals surface area (Å²) in [5, 5.41) is 3.84. The van der Waals surface area contributed by atoms with E-state index in [1.54, 1.807) is 0 Å². The Morgan fingerprint density at radius 1 is 1.53 bits per heavy atom. The van der Waals surface area contributed by atoms with Crippen LogP contribution in [0.2, 0.25) is 0 Å². The van der Waals surface area contributed by atoms with Crippen molar-refractivity contribution in [2.75, 3.05) is 7.11 Å². The molecule has 0 N–H and O–H groups in total. The molecule has 0 atom stereocenters. The molecule has 0 spiro atoms. The van der Waals surface area contributed by atoms with E-state index in [0.717, 1.165) is 0 Å². The van der Waals surface area contributed by atoms with E-state index in [1.165, 1.54) is 24.0 Å². The molecular weight excluding hydrogens is 272 g/mol. The Balaban J connectivity index is 2.74. The van der Waals surface area contributed by atoms with E-state index in [1.807, 2.05) is 0 Å². The van der Waals surface area contributed by atoms with E-state index >= 15 is 0 Å². The largest absolute Gasteiger partial charge is 0.480 e. The second kappa shape index (κ2) is 3.73. The van der Waals surface area contributed by atoms with Gasteiger partial charge in [0.15, 0.2) is 5.65 Å². The number of ether oxygens (including phenoxy) is 1. The predicted octanol–water partition coefficient (Wildman–Crippen LogP) is 2.44. The minimum Gasteiger partial charge on any atom is -0.480 e. The first-order chi connectivity index (χ1) is 7.13. The van der Waals surface area contributed by atoms with Crippen LogP contribution in [0.5, 0.6) is 5.88 Å². The van der Waals surface area contributed by atoms with Gasteiger partial charge in [-0.05, 0) is 15.9 Å². The molecule has 15 heavy (non-hydrogen) atoms. The average molecular weight is 278 g/mol. The number of halogens is 3. The lowest BCUT2D eigenvalue weighted by atomic mass is 10.3. The molecule has 2 heterocycles. The molecule has 0 saturated carbocycles. The molecule has 2 aromatic heterocycles. The second-order valence-electron chi connectivity index (χ2n) is 2.76. The minimum absolute atomic E-state index is 0.101. The van der Waals surface area contributed by atoms with Crippen LogP contribution >= 0.6 is 15.9 Å². The lowest BCUT2D eigenvalue weighted by molar-refractivity contribution is 0.148. The fourth-order valence-electron chi connectivity index (χ4n) is 1.25. The van der Waals surface area contributed by atoms with Crippen molar-refractivity contribution in [1.82, 2.24) is 14.6 Å². The maximum atomic E-state index is 12.7. The van der Waals surface area contributed by atoms with Gasteiger partial charge in [0.2, 0.25) is 5.88 Å². The summed E-state index contributed by atoms with van der Waals surface area (Å²) in [6.45, 7) is 0. The Morgan fingerprint density at radius 3 is 2.87 bits per heavy atom. The van der Waals surface area contributed by atoms with Crippen molar-refractivity contribution >= 4 is 21.6 Å². The van der Waals surface area contributed by atoms with Crippen LogP contribution in [0.1, 0.15) is 12.0 Å². The number of aromatic nitrogens is 3. The quantitative estimate of drug-likeness (QED) is 0.847. The van der Waals surface area contributed by atoms with Gasteiger partial charge in [0.1, 0.15) is 5.56 Å². The normalized spacial score (nSPS) is 11.3. The first kappa shape index (κ1) is 10.3. The Bertz CT molecular complexity index is 500. The zero-order valence-corrected chi connectivity index (χ0v) is 9.20. The molecule has 0 aromatic carbocycles. The van der Waals surface area contributed by atoms with Crippen LogP contribution in [-0.2, 0) is 0 Å². The molecule has 7 heteroatoms. The van der Waals surface area contributed by atoms with E-state index in [4.69, 9.17) is 4.74 Å². The third kappa shape index (κ3) is 1.67. The Hall–Kier alpha value is -1.24. The van der Waals surface area contributed by atoms with Crippen LogP contribution in [0.3, 0.4) is 0 Å². The topological polar surface area (TPSA) is 39.4 Å². The monoisotopic (exact) mass is 277 g/mol. The number of hydrogen-bond acceptors (Lipinski definition) is 3. The van der Waals surface area contributed by atoms with Crippen LogP contribution < -0.4 is 4.74 Å². The van der Waals surface area contributed by atoms with Crippen molar-refractivity contribution in [3.8, 4) is 5.88 Å². The van der Waals surface area contributed by atoms with Gasteiger partial charge in [0, 0.05) is 12.4 Å². The van der Waals surface area contributed by atoms with Gasteiger partial charge < -0.3 is 4.74 Å². The van der Waals surface area contributed by atoms with Crippen LogP contribution in [-0.4, -0.2) is 21.7 Å². The SMILES string of the molecule is COc1nn2cc(Br)cnc2c1C(F)F. The number of rotatable bonds is 2. The summed E-state index contributed by atoms with van der Waals surface area (Å²) in [5.74, 6) is -0.101. The summed E-state index contributed by atoms with van der Waals surface area (Å²) >= 11 is 3.17. The molecule has 0 aliphatic carbocycles. The van der Waals surface area contributed by atoms with Gasteiger partial charge in [0.05, 0.1) is 11.6 Å². The number of fused-ring (bicyclic) bond motifs is 1. The predicted molar refractivity (Wildman–Crippen MR) is 52.2 cm³/mol. The summed E-state index contributed by atoms with van der Waals surface area (Å²) in [6, 6.07) is 0. The first-order valence-electron chi connectivity index (χ1n) is 3.99. The molecule has 80 valence electrons. The fourth-order valence-corrected chi connectivity index (χ4v) is 1.55. The lowest BCUT2D eigenvalue weighted by Gasteiger charge is -1.98. The van der Waals surface area contributed by atoms with Crippen LogP contribution in [0.15, 0.2) is 16.9 Å². The summed E-state index contributed by atoms with van der Waals surface area (Å²) in [7, 11) is 1.29. The molecule has 0 aliphatic heterocycles. The molecule has 0 fully saturated rings. The van der Waals surface area contributed by atoms with Crippen molar-refractivity contribution < 1.29 is 13.5 Å². The van der Waals surface area contributed by atoms with Gasteiger partial charge in [-0.2, -0.15) is 0 Å². The Labute approximate surface area is 92.0 Å². The van der Waals surface area contributed by atoms with Crippen molar-refractivity contribution in [2.24, 2.45) is 0 Å². The molecule has 4 nitrogen and oxygen atoms in total. The van der Waals surface area contributed by atoms with Gasteiger partial charge in [-0.25, -0.2) is 18.3 Å². The third-order valence-electron chi connectivity index (χ3n) is 1.85. The second-order valence-corrected chi connectivity index (χ2v) is 3.68. The summed E-state index contributed by atoms with van der Waals surface area (Å²) < 4.78 is 32.1. The molecule has 2 rings (SSSR count). The molecule has 0 radical (unpaired) electrons. The van der Waals surface area contributed by atoms with E-state index in [2.05, 4.69) is 26.0 Å². The summed E-state index contributed by atoms with van der Waals surface area (Å²) in [5.41, 5.74) is -0.185. The Morgan fingerprint density at radius 2 is 2.27 bits per heavy atom. The average Bonchev–Trinajstić information content (AvgIpc) is 2.54. The summed E-state index contributed by atoms with van der Waals surface area (Å²) in [4.78, 5) is 3.86. The zero-order valence-electron chi connectivity index (χ0n) is 7.62. The molecule has 0 bridgehead atoms. The van der Waals surface area contributed by atoms with Crippen molar-refractivity contribution in [3.63, 3.8) is 0 Å². The Kier molecular flexibility index (Phi) is 2.56. The van der Waals surface area contributed by atoms with E-state index in [-0.39, 0.29) is 17.1 Å². The minimum atomic E-state index is -2.66. The standard InChI is InChI=1S/C8H6BrF2N3O/c1-15-8-5(6(10)11)7-12-2-4(9)3-14(7)13-8/h2-3,6H,1H3. The van der Waals surface area contributed by atoms with Crippen molar-refractivity contribution in [1.29, 1.82) is 0 Å². The smallest absolute Gasteiger partial charge is 0.272 e. The van der Waals surface area contributed by atoms with E-state index in [9.17, 15) is 8.78 Å². The van der Waals surface area contributed by atoms with E-state index < -0.39 is 6.43 Å². The number of alkyl halides is 2. The summed E-state index contributed by atoms with van der Waals surface area (Å²) in [6.07, 6.45) is 0.310. The number of hydrogen-bond donors (Lipinski definition) is 0. The highest BCUT2D eigenvalue weighted by Gasteiger charge is 2.22. The maximum absolute atomic E-state index is 12.7. The maximum Gasteiger partial charge on any atom is 0.272 e. The molecule has 2 aromatic rings. The highest BCUT2D eigenvalue weighted by molar-refractivity contribution is 9.10. The van der Waals surface area contributed by atoms with Gasteiger partial charge >= 0.3 is 0 Å². The van der Waals surface area contributed by atoms with E-state index in [0.29, 0.717) is 4.47 Å². The highest BCUT2D eigenvalue weighted by atomic mass is 79.9. The van der Waals surface area contributed by atoms with Crippen LogP contribution in [0, 0.1) is 0 Å². The number of methoxy groups -OCH3 is 1. The van der Waals surface area contributed by atoms with Gasteiger partial charge in [0.25, 0.3) is 6.43 Å². The van der Waals surface area contributed by atoms with Gasteiger partial charge in [-0.1, -0.05) is 0 Å². The van der Waals surface area contributed by atoms with Crippen molar-refractivity contribution in [2.45, 2.75) is 6.43 Å². The molecule has 0 amide bonds. The van der Waals surface area contributed by atoms with Crippen LogP contribution in [0.25, 0.3) is 5.65 Å². The molecular formula is C8H6BrF2N3O. The highest BCUT2D eigenvalue weighted by Crippen LogP contribution is 2.31. The molecule has 0 aliphatic rings.